The second kappa shape index (κ2) is 7.64. The van der Waals surface area contributed by atoms with Crippen molar-refractivity contribution in [3.63, 3.8) is 0 Å². The van der Waals surface area contributed by atoms with E-state index in [1.54, 1.807) is 6.20 Å². The van der Waals surface area contributed by atoms with Crippen LogP contribution in [0.4, 0.5) is 10.6 Å². The molecule has 120 valence electrons. The zero-order chi connectivity index (χ0) is 15.2. The molecule has 2 fully saturated rings. The highest BCUT2D eigenvalue weighted by molar-refractivity contribution is 7.99. The lowest BCUT2D eigenvalue weighted by atomic mass is 10.0. The molecule has 0 spiro atoms. The van der Waals surface area contributed by atoms with E-state index in [1.807, 2.05) is 22.7 Å². The van der Waals surface area contributed by atoms with Crippen LogP contribution in [-0.2, 0) is 4.74 Å². The molecule has 22 heavy (non-hydrogen) atoms. The van der Waals surface area contributed by atoms with E-state index in [-0.39, 0.29) is 18.1 Å². The number of hydrogen-bond donors (Lipinski definition) is 2. The Kier molecular flexibility index (Phi) is 5.33. The molecule has 2 N–H and O–H groups in total. The monoisotopic (exact) mass is 323 g/mol. The van der Waals surface area contributed by atoms with Crippen LogP contribution in [0.3, 0.4) is 0 Å². The zero-order valence-corrected chi connectivity index (χ0v) is 13.2. The average molecular weight is 323 g/mol. The molecule has 8 heteroatoms. The van der Waals surface area contributed by atoms with Crippen LogP contribution in [0.1, 0.15) is 6.42 Å². The second-order valence-corrected chi connectivity index (χ2v) is 6.59. The van der Waals surface area contributed by atoms with Gasteiger partial charge in [-0.15, -0.1) is 0 Å². The highest BCUT2D eigenvalue weighted by Crippen LogP contribution is 2.14. The maximum atomic E-state index is 12.4. The maximum absolute atomic E-state index is 12.4. The van der Waals surface area contributed by atoms with Gasteiger partial charge >= 0.3 is 6.03 Å². The SMILES string of the molecule is O=C(N[C@@H]1CCOC[C@@H]1Nc1ccncn1)N1CCSCC1. The van der Waals surface area contributed by atoms with Crippen LogP contribution in [0, 0.1) is 0 Å². The van der Waals surface area contributed by atoms with E-state index < -0.39 is 0 Å². The Hall–Kier alpha value is -1.54. The van der Waals surface area contributed by atoms with Gasteiger partial charge in [-0.1, -0.05) is 0 Å². The normalized spacial score (nSPS) is 25.5. The topological polar surface area (TPSA) is 79.4 Å². The molecule has 2 aliphatic heterocycles. The van der Waals surface area contributed by atoms with Gasteiger partial charge in [0.2, 0.25) is 0 Å². The average Bonchev–Trinajstić information content (AvgIpc) is 2.58. The lowest BCUT2D eigenvalue weighted by Gasteiger charge is -2.35. The molecule has 3 rings (SSSR count). The van der Waals surface area contributed by atoms with Crippen molar-refractivity contribution in [2.75, 3.05) is 43.1 Å². The van der Waals surface area contributed by atoms with Crippen molar-refractivity contribution in [1.29, 1.82) is 0 Å². The fraction of sp³-hybridized carbons (Fsp3) is 0.643. The van der Waals surface area contributed by atoms with E-state index in [1.165, 1.54) is 6.33 Å². The van der Waals surface area contributed by atoms with E-state index in [9.17, 15) is 4.79 Å². The Morgan fingerprint density at radius 1 is 1.36 bits per heavy atom. The number of nitrogens with one attached hydrogen (secondary N) is 2. The smallest absolute Gasteiger partial charge is 0.317 e. The Morgan fingerprint density at radius 3 is 3.00 bits per heavy atom. The number of urea groups is 1. The van der Waals surface area contributed by atoms with E-state index in [0.29, 0.717) is 13.2 Å². The Labute approximate surface area is 134 Å². The molecule has 2 amide bonds. The summed E-state index contributed by atoms with van der Waals surface area (Å²) in [6, 6.07) is 1.91. The molecular weight excluding hydrogens is 302 g/mol. The summed E-state index contributed by atoms with van der Waals surface area (Å²) in [6.07, 6.45) is 4.00. The molecule has 3 heterocycles. The highest BCUT2D eigenvalue weighted by Gasteiger charge is 2.29. The molecule has 0 radical (unpaired) electrons. The number of carbonyl (C=O) groups excluding carboxylic acids is 1. The first kappa shape index (κ1) is 15.4. The van der Waals surface area contributed by atoms with E-state index in [4.69, 9.17) is 4.74 Å². The minimum Gasteiger partial charge on any atom is -0.379 e. The molecule has 2 saturated heterocycles. The van der Waals surface area contributed by atoms with Gasteiger partial charge in [0, 0.05) is 37.4 Å². The van der Waals surface area contributed by atoms with Crippen LogP contribution in [0.5, 0.6) is 0 Å². The molecule has 7 nitrogen and oxygen atoms in total. The highest BCUT2D eigenvalue weighted by atomic mass is 32.2. The quantitative estimate of drug-likeness (QED) is 0.857. The minimum absolute atomic E-state index is 0.0202. The molecule has 0 unspecified atom stereocenters. The summed E-state index contributed by atoms with van der Waals surface area (Å²) in [4.78, 5) is 22.4. The van der Waals surface area contributed by atoms with Gasteiger partial charge in [0.1, 0.15) is 12.1 Å². The number of aromatic nitrogens is 2. The molecule has 0 aliphatic carbocycles. The summed E-state index contributed by atoms with van der Waals surface area (Å²) in [5.74, 6) is 2.78. The Balaban J connectivity index is 1.58. The molecule has 2 aliphatic rings. The molecule has 1 aromatic heterocycles. The predicted molar refractivity (Wildman–Crippen MR) is 86.1 cm³/mol. The van der Waals surface area contributed by atoms with Crippen LogP contribution in [0.2, 0.25) is 0 Å². The number of ether oxygens (including phenoxy) is 1. The third-order valence-corrected chi connectivity index (χ3v) is 4.82. The van der Waals surface area contributed by atoms with Crippen molar-refractivity contribution in [3.8, 4) is 0 Å². The summed E-state index contributed by atoms with van der Waals surface area (Å²) >= 11 is 1.90. The van der Waals surface area contributed by atoms with E-state index in [2.05, 4.69) is 20.6 Å². The van der Waals surface area contributed by atoms with Crippen molar-refractivity contribution in [3.05, 3.63) is 18.6 Å². The number of hydrogen-bond acceptors (Lipinski definition) is 6. The van der Waals surface area contributed by atoms with Crippen LogP contribution >= 0.6 is 11.8 Å². The van der Waals surface area contributed by atoms with Crippen LogP contribution in [-0.4, -0.2) is 70.8 Å². The Morgan fingerprint density at radius 2 is 2.23 bits per heavy atom. The van der Waals surface area contributed by atoms with Crippen molar-refractivity contribution in [1.82, 2.24) is 20.2 Å². The van der Waals surface area contributed by atoms with Crippen molar-refractivity contribution in [2.45, 2.75) is 18.5 Å². The van der Waals surface area contributed by atoms with Crippen molar-refractivity contribution >= 4 is 23.6 Å². The van der Waals surface area contributed by atoms with Gasteiger partial charge in [-0.2, -0.15) is 11.8 Å². The fourth-order valence-electron chi connectivity index (χ4n) is 2.64. The first-order valence-electron chi connectivity index (χ1n) is 7.56. The van der Waals surface area contributed by atoms with E-state index in [0.717, 1.165) is 36.8 Å². The van der Waals surface area contributed by atoms with Crippen molar-refractivity contribution < 1.29 is 9.53 Å². The predicted octanol–water partition coefficient (Wildman–Crippen LogP) is 0.804. The summed E-state index contributed by atoms with van der Waals surface area (Å²) in [6.45, 7) is 2.88. The van der Waals surface area contributed by atoms with Gasteiger partial charge < -0.3 is 20.3 Å². The third kappa shape index (κ3) is 4.01. The van der Waals surface area contributed by atoms with Gasteiger partial charge in [0.05, 0.1) is 18.7 Å². The molecular formula is C14H21N5O2S. The Bertz CT molecular complexity index is 483. The minimum atomic E-state index is 0.0202. The summed E-state index contributed by atoms with van der Waals surface area (Å²) in [7, 11) is 0. The number of thioether (sulfide) groups is 1. The number of amides is 2. The number of carbonyl (C=O) groups is 1. The van der Waals surface area contributed by atoms with E-state index >= 15 is 0 Å². The van der Waals surface area contributed by atoms with Crippen LogP contribution in [0.25, 0.3) is 0 Å². The summed E-state index contributed by atoms with van der Waals surface area (Å²) in [5, 5.41) is 6.48. The number of anilines is 1. The molecule has 0 saturated carbocycles. The second-order valence-electron chi connectivity index (χ2n) is 5.36. The van der Waals surface area contributed by atoms with Crippen molar-refractivity contribution in [2.24, 2.45) is 0 Å². The molecule has 1 aromatic rings. The number of rotatable bonds is 3. The van der Waals surface area contributed by atoms with Gasteiger partial charge in [-0.3, -0.25) is 0 Å². The third-order valence-electron chi connectivity index (χ3n) is 3.88. The molecule has 2 atom stereocenters. The van der Waals surface area contributed by atoms with Gasteiger partial charge in [-0.05, 0) is 12.5 Å². The van der Waals surface area contributed by atoms with Gasteiger partial charge in [0.25, 0.3) is 0 Å². The van der Waals surface area contributed by atoms with Gasteiger partial charge in [0.15, 0.2) is 0 Å². The molecule has 0 bridgehead atoms. The summed E-state index contributed by atoms with van der Waals surface area (Å²) in [5.41, 5.74) is 0. The lowest BCUT2D eigenvalue weighted by Crippen LogP contribution is -2.56. The standard InChI is InChI=1S/C14H21N5O2S/c20-14(19-4-7-22-8-5-19)18-11-2-6-21-9-12(11)17-13-1-3-15-10-16-13/h1,3,10-12H,2,4-9H2,(H,18,20)(H,15,16,17)/t11-,12+/m1/s1. The van der Waals surface area contributed by atoms with Crippen LogP contribution < -0.4 is 10.6 Å². The molecule has 0 aromatic carbocycles. The number of nitrogens with zero attached hydrogens (tertiary/aromatic N) is 3. The first-order valence-corrected chi connectivity index (χ1v) is 8.72. The van der Waals surface area contributed by atoms with Gasteiger partial charge in [-0.25, -0.2) is 14.8 Å². The lowest BCUT2D eigenvalue weighted by molar-refractivity contribution is 0.0683. The first-order chi connectivity index (χ1) is 10.8. The zero-order valence-electron chi connectivity index (χ0n) is 12.4. The summed E-state index contributed by atoms with van der Waals surface area (Å²) < 4.78 is 5.54. The fourth-order valence-corrected chi connectivity index (χ4v) is 3.54. The largest absolute Gasteiger partial charge is 0.379 e. The van der Waals surface area contributed by atoms with Crippen LogP contribution in [0.15, 0.2) is 18.6 Å². The maximum Gasteiger partial charge on any atom is 0.317 e.